The number of pyridine rings is 1. The van der Waals surface area contributed by atoms with Gasteiger partial charge in [-0.25, -0.2) is 4.98 Å². The third-order valence-electron chi connectivity index (χ3n) is 3.63. The minimum Gasteiger partial charge on any atom is -0.371 e. The molecule has 1 aromatic rings. The van der Waals surface area contributed by atoms with Crippen LogP contribution in [0.2, 0.25) is 0 Å². The molecule has 1 N–H and O–H groups in total. The topological polar surface area (TPSA) is 28.2 Å². The molecule has 3 heteroatoms. The molecule has 0 bridgehead atoms. The summed E-state index contributed by atoms with van der Waals surface area (Å²) in [6.07, 6.45) is 3.21. The van der Waals surface area contributed by atoms with Crippen molar-refractivity contribution in [3.63, 3.8) is 0 Å². The van der Waals surface area contributed by atoms with E-state index in [1.807, 2.05) is 6.20 Å². The van der Waals surface area contributed by atoms with Crippen molar-refractivity contribution in [3.8, 4) is 0 Å². The van der Waals surface area contributed by atoms with Crippen LogP contribution in [0, 0.1) is 11.8 Å². The molecule has 1 aromatic heterocycles. The fraction of sp³-hybridized carbons (Fsp3) is 0.643. The van der Waals surface area contributed by atoms with Crippen LogP contribution in [-0.2, 0) is 0 Å². The van der Waals surface area contributed by atoms with Crippen molar-refractivity contribution in [2.24, 2.45) is 11.8 Å². The Hall–Kier alpha value is -1.25. The summed E-state index contributed by atoms with van der Waals surface area (Å²) in [7, 11) is 0. The van der Waals surface area contributed by atoms with Crippen molar-refractivity contribution < 1.29 is 0 Å². The van der Waals surface area contributed by atoms with Crippen molar-refractivity contribution in [3.05, 3.63) is 18.3 Å². The molecule has 0 aliphatic carbocycles. The molecule has 0 radical (unpaired) electrons. The Bertz CT molecular complexity index is 362. The molecular weight excluding hydrogens is 210 g/mol. The summed E-state index contributed by atoms with van der Waals surface area (Å²) < 4.78 is 0. The molecule has 0 saturated carbocycles. The van der Waals surface area contributed by atoms with Gasteiger partial charge in [0.05, 0.1) is 0 Å². The Morgan fingerprint density at radius 2 is 2.35 bits per heavy atom. The van der Waals surface area contributed by atoms with E-state index in [1.165, 1.54) is 25.2 Å². The highest BCUT2D eigenvalue weighted by molar-refractivity contribution is 5.54. The average molecular weight is 233 g/mol. The number of nitrogens with zero attached hydrogens (tertiary/aromatic N) is 2. The van der Waals surface area contributed by atoms with Crippen molar-refractivity contribution in [2.45, 2.75) is 27.2 Å². The van der Waals surface area contributed by atoms with Gasteiger partial charge in [-0.2, -0.15) is 0 Å². The second-order valence-electron chi connectivity index (χ2n) is 5.17. The quantitative estimate of drug-likeness (QED) is 0.866. The Labute approximate surface area is 104 Å². The molecule has 1 saturated heterocycles. The summed E-state index contributed by atoms with van der Waals surface area (Å²) in [5.74, 6) is 2.61. The molecule has 0 aromatic carbocycles. The number of anilines is 2. The van der Waals surface area contributed by atoms with Gasteiger partial charge in [-0.05, 0) is 31.2 Å². The van der Waals surface area contributed by atoms with Crippen molar-refractivity contribution >= 4 is 11.5 Å². The third-order valence-corrected chi connectivity index (χ3v) is 3.63. The van der Waals surface area contributed by atoms with Crippen LogP contribution in [0.3, 0.4) is 0 Å². The van der Waals surface area contributed by atoms with Gasteiger partial charge < -0.3 is 10.2 Å². The van der Waals surface area contributed by atoms with Gasteiger partial charge in [0.25, 0.3) is 0 Å². The number of hydrogen-bond acceptors (Lipinski definition) is 3. The van der Waals surface area contributed by atoms with E-state index >= 15 is 0 Å². The first-order chi connectivity index (χ1) is 8.20. The predicted octanol–water partition coefficient (Wildman–Crippen LogP) is 3.00. The Kier molecular flexibility index (Phi) is 3.87. The van der Waals surface area contributed by atoms with Crippen molar-refractivity contribution in [1.29, 1.82) is 0 Å². The summed E-state index contributed by atoms with van der Waals surface area (Å²) in [4.78, 5) is 6.80. The third kappa shape index (κ3) is 2.90. The number of rotatable bonds is 4. The molecule has 17 heavy (non-hydrogen) atoms. The molecule has 2 heterocycles. The molecule has 1 aliphatic heterocycles. The maximum absolute atomic E-state index is 4.32. The molecule has 1 atom stereocenters. The van der Waals surface area contributed by atoms with E-state index < -0.39 is 0 Å². The zero-order chi connectivity index (χ0) is 12.3. The first-order valence-electron chi connectivity index (χ1n) is 6.65. The first-order valence-corrected chi connectivity index (χ1v) is 6.65. The highest BCUT2D eigenvalue weighted by Crippen LogP contribution is 2.28. The smallest absolute Gasteiger partial charge is 0.127 e. The zero-order valence-corrected chi connectivity index (χ0v) is 11.1. The molecule has 0 amide bonds. The minimum absolute atomic E-state index is 0.787. The fourth-order valence-electron chi connectivity index (χ4n) is 2.46. The lowest BCUT2D eigenvalue weighted by molar-refractivity contribution is 0.423. The predicted molar refractivity (Wildman–Crippen MR) is 73.6 cm³/mol. The van der Waals surface area contributed by atoms with Gasteiger partial charge in [-0.3, -0.25) is 0 Å². The van der Waals surface area contributed by atoms with Crippen LogP contribution in [0.5, 0.6) is 0 Å². The van der Waals surface area contributed by atoms with Gasteiger partial charge in [0.2, 0.25) is 0 Å². The number of aromatic nitrogens is 1. The maximum atomic E-state index is 4.32. The van der Waals surface area contributed by atoms with Crippen molar-refractivity contribution in [1.82, 2.24) is 4.98 Å². The molecule has 0 spiro atoms. The minimum atomic E-state index is 0.787. The van der Waals surface area contributed by atoms with E-state index in [9.17, 15) is 0 Å². The molecule has 3 nitrogen and oxygen atoms in total. The van der Waals surface area contributed by atoms with Crippen LogP contribution < -0.4 is 10.2 Å². The average Bonchev–Trinajstić information content (AvgIpc) is 2.79. The first kappa shape index (κ1) is 12.2. The lowest BCUT2D eigenvalue weighted by Crippen LogP contribution is -2.21. The van der Waals surface area contributed by atoms with E-state index in [1.54, 1.807) is 0 Å². The number of nitrogens with one attached hydrogen (secondary N) is 1. The zero-order valence-electron chi connectivity index (χ0n) is 11.1. The molecule has 1 unspecified atom stereocenters. The van der Waals surface area contributed by atoms with E-state index in [0.717, 1.165) is 24.2 Å². The highest BCUT2D eigenvalue weighted by Gasteiger charge is 2.24. The highest BCUT2D eigenvalue weighted by atomic mass is 15.2. The van der Waals surface area contributed by atoms with Gasteiger partial charge in [-0.15, -0.1) is 0 Å². The lowest BCUT2D eigenvalue weighted by Gasteiger charge is -2.20. The fourth-order valence-corrected chi connectivity index (χ4v) is 2.46. The summed E-state index contributed by atoms with van der Waals surface area (Å²) >= 11 is 0. The second kappa shape index (κ2) is 5.39. The van der Waals surface area contributed by atoms with Gasteiger partial charge in [0, 0.05) is 37.6 Å². The van der Waals surface area contributed by atoms with Gasteiger partial charge in [0.15, 0.2) is 0 Å². The second-order valence-corrected chi connectivity index (χ2v) is 5.17. The van der Waals surface area contributed by atoms with Crippen LogP contribution in [0.4, 0.5) is 11.5 Å². The Morgan fingerprint density at radius 1 is 1.53 bits per heavy atom. The van der Waals surface area contributed by atoms with E-state index in [4.69, 9.17) is 0 Å². The molecular formula is C14H23N3. The van der Waals surface area contributed by atoms with Crippen LogP contribution >= 0.6 is 0 Å². The summed E-state index contributed by atoms with van der Waals surface area (Å²) in [5.41, 5.74) is 1.30. The maximum Gasteiger partial charge on any atom is 0.127 e. The summed E-state index contributed by atoms with van der Waals surface area (Å²) in [6, 6.07) is 4.27. The van der Waals surface area contributed by atoms with Gasteiger partial charge >= 0.3 is 0 Å². The molecule has 1 fully saturated rings. The van der Waals surface area contributed by atoms with Gasteiger partial charge in [0.1, 0.15) is 5.82 Å². The normalized spacial score (nSPS) is 20.0. The Balaban J connectivity index is 2.05. The molecule has 94 valence electrons. The van der Waals surface area contributed by atoms with E-state index in [0.29, 0.717) is 0 Å². The SMILES string of the molecule is CCNc1cc(N2CCC(C(C)C)C2)ccn1. The van der Waals surface area contributed by atoms with Crippen molar-refractivity contribution in [2.75, 3.05) is 29.9 Å². The summed E-state index contributed by atoms with van der Waals surface area (Å²) in [6.45, 7) is 10.0. The van der Waals surface area contributed by atoms with E-state index in [-0.39, 0.29) is 0 Å². The van der Waals surface area contributed by atoms with E-state index in [2.05, 4.69) is 48.1 Å². The largest absolute Gasteiger partial charge is 0.371 e. The lowest BCUT2D eigenvalue weighted by atomic mass is 9.95. The van der Waals surface area contributed by atoms with Gasteiger partial charge in [-0.1, -0.05) is 13.8 Å². The standard InChI is InChI=1S/C14H23N3/c1-4-15-14-9-13(5-7-16-14)17-8-6-12(10-17)11(2)3/h5,7,9,11-12H,4,6,8,10H2,1-3H3,(H,15,16). The number of hydrogen-bond donors (Lipinski definition) is 1. The monoisotopic (exact) mass is 233 g/mol. The van der Waals surface area contributed by atoms with Crippen LogP contribution in [0.25, 0.3) is 0 Å². The van der Waals surface area contributed by atoms with Crippen LogP contribution in [-0.4, -0.2) is 24.6 Å². The molecule has 2 rings (SSSR count). The van der Waals surface area contributed by atoms with Crippen LogP contribution in [0.1, 0.15) is 27.2 Å². The molecule has 1 aliphatic rings. The van der Waals surface area contributed by atoms with Crippen LogP contribution in [0.15, 0.2) is 18.3 Å². The Morgan fingerprint density at radius 3 is 3.00 bits per heavy atom. The summed E-state index contributed by atoms with van der Waals surface area (Å²) in [5, 5.41) is 3.27.